The number of benzene rings is 2. The van der Waals surface area contributed by atoms with Crippen molar-refractivity contribution in [3.63, 3.8) is 0 Å². The molecule has 0 aliphatic heterocycles. The smallest absolute Gasteiger partial charge is 0.433 e. The summed E-state index contributed by atoms with van der Waals surface area (Å²) in [5, 5.41) is 0. The first-order chi connectivity index (χ1) is 19.4. The number of aryl methyl sites for hydroxylation is 1. The van der Waals surface area contributed by atoms with Gasteiger partial charge in [0, 0.05) is 19.2 Å². The van der Waals surface area contributed by atoms with E-state index in [0.717, 1.165) is 11.6 Å². The number of nitrogens with zero attached hydrogens (tertiary/aromatic N) is 2. The lowest BCUT2D eigenvalue weighted by Crippen LogP contribution is -2.42. The lowest BCUT2D eigenvalue weighted by Gasteiger charge is -2.24. The lowest BCUT2D eigenvalue weighted by atomic mass is 9.97. The number of pyridine rings is 1. The molecule has 2 aromatic carbocycles. The quantitative estimate of drug-likeness (QED) is 0.340. The molecule has 3 rings (SSSR count). The summed E-state index contributed by atoms with van der Waals surface area (Å²) in [6.45, 7) is 8.12. The zero-order valence-corrected chi connectivity index (χ0v) is 24.9. The van der Waals surface area contributed by atoms with Crippen molar-refractivity contribution in [1.82, 2.24) is 14.4 Å². The molecule has 1 heterocycles. The van der Waals surface area contributed by atoms with Gasteiger partial charge in [-0.2, -0.15) is 26.3 Å². The molecule has 2 amide bonds. The van der Waals surface area contributed by atoms with Crippen molar-refractivity contribution in [2.24, 2.45) is 0 Å². The average Bonchev–Trinajstić information content (AvgIpc) is 2.88. The number of halogens is 3. The number of carbonyl (C=O) groups is 2. The Kier molecular flexibility index (Phi) is 9.68. The van der Waals surface area contributed by atoms with E-state index in [1.165, 1.54) is 18.0 Å². The molecule has 1 unspecified atom stereocenters. The normalized spacial score (nSPS) is 12.9. The molecule has 0 aliphatic rings. The van der Waals surface area contributed by atoms with Gasteiger partial charge in [-0.1, -0.05) is 48.0 Å². The van der Waals surface area contributed by atoms with E-state index in [4.69, 9.17) is 4.74 Å². The molecule has 2 N–H and O–H groups in total. The van der Waals surface area contributed by atoms with Crippen molar-refractivity contribution in [2.45, 2.75) is 58.9 Å². The zero-order valence-electron chi connectivity index (χ0n) is 24.0. The Bertz CT molecular complexity index is 1550. The van der Waals surface area contributed by atoms with Crippen LogP contribution in [0.1, 0.15) is 56.0 Å². The third kappa shape index (κ3) is 8.76. The number of nitrogens with one attached hydrogen (secondary N) is 2. The van der Waals surface area contributed by atoms with Gasteiger partial charge >= 0.3 is 22.5 Å². The largest absolute Gasteiger partial charge is 0.443 e. The summed E-state index contributed by atoms with van der Waals surface area (Å²) in [4.78, 5) is 30.4. The Morgan fingerprint density at radius 3 is 2.24 bits per heavy atom. The first-order valence-corrected chi connectivity index (χ1v) is 14.4. The van der Waals surface area contributed by atoms with E-state index >= 15 is 0 Å². The van der Waals surface area contributed by atoms with Gasteiger partial charge in [0.05, 0.1) is 17.3 Å². The molecule has 1 atom stereocenters. The van der Waals surface area contributed by atoms with Gasteiger partial charge in [0.25, 0.3) is 0 Å². The van der Waals surface area contributed by atoms with Crippen LogP contribution in [0.3, 0.4) is 0 Å². The fourth-order valence-corrected chi connectivity index (χ4v) is 4.67. The maximum Gasteiger partial charge on any atom is 0.433 e. The number of likely N-dealkylation sites (N-methyl/N-ethyl adjacent to an activating group) is 1. The summed E-state index contributed by atoms with van der Waals surface area (Å²) < 4.78 is 73.7. The average molecular weight is 607 g/mol. The molecule has 0 saturated heterocycles. The van der Waals surface area contributed by atoms with Crippen molar-refractivity contribution >= 4 is 27.9 Å². The van der Waals surface area contributed by atoms with Gasteiger partial charge in [0.2, 0.25) is 5.91 Å². The summed E-state index contributed by atoms with van der Waals surface area (Å²) in [6.07, 6.45) is -5.77. The minimum Gasteiger partial charge on any atom is -0.443 e. The molecule has 3 aromatic rings. The minimum absolute atomic E-state index is 0.0270. The van der Waals surface area contributed by atoms with Crippen LogP contribution in [0.2, 0.25) is 0 Å². The van der Waals surface area contributed by atoms with Gasteiger partial charge in [-0.25, -0.2) is 14.5 Å². The number of alkyl halides is 3. The Balaban J connectivity index is 1.76. The van der Waals surface area contributed by atoms with Crippen LogP contribution in [-0.4, -0.2) is 38.1 Å². The molecule has 13 heteroatoms. The second-order valence-corrected chi connectivity index (χ2v) is 12.2. The van der Waals surface area contributed by atoms with E-state index in [1.54, 1.807) is 87.9 Å². The summed E-state index contributed by atoms with van der Waals surface area (Å²) in [7, 11) is -2.71. The van der Waals surface area contributed by atoms with Gasteiger partial charge in [0.15, 0.2) is 0 Å². The highest BCUT2D eigenvalue weighted by molar-refractivity contribution is 7.88. The fraction of sp³-hybridized carbons (Fsp3) is 0.345. The maximum atomic E-state index is 13.5. The van der Waals surface area contributed by atoms with E-state index in [2.05, 4.69) is 9.71 Å². The van der Waals surface area contributed by atoms with E-state index in [0.29, 0.717) is 16.7 Å². The Morgan fingerprint density at radius 2 is 1.67 bits per heavy atom. The highest BCUT2D eigenvalue weighted by Crippen LogP contribution is 2.36. The van der Waals surface area contributed by atoms with Gasteiger partial charge in [-0.05, 0) is 63.9 Å². The molecule has 0 aliphatic carbocycles. The highest BCUT2D eigenvalue weighted by atomic mass is 32.2. The third-order valence-corrected chi connectivity index (χ3v) is 7.04. The third-order valence-electron chi connectivity index (χ3n) is 6.08. The first kappa shape index (κ1) is 32.5. The lowest BCUT2D eigenvalue weighted by molar-refractivity contribution is -0.141. The summed E-state index contributed by atoms with van der Waals surface area (Å²) in [6, 6.07) is 15.5. The van der Waals surface area contributed by atoms with Crippen LogP contribution in [0.15, 0.2) is 60.7 Å². The van der Waals surface area contributed by atoms with Crippen molar-refractivity contribution in [2.75, 3.05) is 11.9 Å². The summed E-state index contributed by atoms with van der Waals surface area (Å²) >= 11 is 0. The van der Waals surface area contributed by atoms with Crippen LogP contribution in [0, 0.1) is 6.92 Å². The maximum absolute atomic E-state index is 13.5. The molecular formula is C29H33F3N4O5S. The summed E-state index contributed by atoms with van der Waals surface area (Å²) in [5.41, 5.74) is 0.719. The molecular weight excluding hydrogens is 573 g/mol. The fourth-order valence-electron chi connectivity index (χ4n) is 3.98. The predicted octanol–water partition coefficient (Wildman–Crippen LogP) is 5.70. The minimum atomic E-state index is -4.66. The number of anilines is 1. The predicted molar refractivity (Wildman–Crippen MR) is 153 cm³/mol. The molecule has 1 aromatic heterocycles. The van der Waals surface area contributed by atoms with Crippen LogP contribution in [0.4, 0.5) is 23.7 Å². The van der Waals surface area contributed by atoms with Crippen molar-refractivity contribution < 1.29 is 35.9 Å². The monoisotopic (exact) mass is 606 g/mol. The van der Waals surface area contributed by atoms with Gasteiger partial charge < -0.3 is 9.64 Å². The van der Waals surface area contributed by atoms with Crippen LogP contribution in [-0.2, 0) is 32.5 Å². The SMILES string of the molecule is Cc1cccc(-c2nc(C(F)(F)F)ccc2N(C)C(=O)C(C)c2ccc(CNS(=O)(=O)NC(=O)OC(C)(C)C)cc2)c1. The van der Waals surface area contributed by atoms with Crippen LogP contribution < -0.4 is 14.3 Å². The van der Waals surface area contributed by atoms with E-state index in [1.807, 2.05) is 0 Å². The first-order valence-electron chi connectivity index (χ1n) is 12.9. The second-order valence-electron chi connectivity index (χ2n) is 10.7. The van der Waals surface area contributed by atoms with Crippen LogP contribution in [0.5, 0.6) is 0 Å². The Hall–Kier alpha value is -3.97. The standard InChI is InChI=1S/C29H33F3N4O5S/c1-18-8-7-9-22(16-18)25-23(14-15-24(34-25)29(30,31)32)36(6)26(37)19(2)21-12-10-20(11-13-21)17-33-42(39,40)35-27(38)41-28(3,4)5/h7-16,19,33H,17H2,1-6H3,(H,35,38). The van der Waals surface area contributed by atoms with Crippen LogP contribution >= 0.6 is 0 Å². The molecule has 0 radical (unpaired) electrons. The zero-order chi connectivity index (χ0) is 31.5. The van der Waals surface area contributed by atoms with Gasteiger partial charge in [-0.3, -0.25) is 4.79 Å². The molecule has 0 bridgehead atoms. The van der Waals surface area contributed by atoms with Gasteiger partial charge in [-0.15, -0.1) is 0 Å². The number of rotatable bonds is 8. The number of ether oxygens (including phenoxy) is 1. The summed E-state index contributed by atoms with van der Waals surface area (Å²) in [5.74, 6) is -1.08. The highest BCUT2D eigenvalue weighted by Gasteiger charge is 2.34. The molecule has 9 nitrogen and oxygen atoms in total. The molecule has 226 valence electrons. The second kappa shape index (κ2) is 12.5. The Morgan fingerprint density at radius 1 is 1.02 bits per heavy atom. The van der Waals surface area contributed by atoms with Crippen molar-refractivity contribution in [1.29, 1.82) is 0 Å². The van der Waals surface area contributed by atoms with Crippen LogP contribution in [0.25, 0.3) is 11.3 Å². The van der Waals surface area contributed by atoms with Gasteiger partial charge in [0.1, 0.15) is 11.3 Å². The van der Waals surface area contributed by atoms with E-state index < -0.39 is 39.7 Å². The van der Waals surface area contributed by atoms with E-state index in [9.17, 15) is 31.2 Å². The number of aromatic nitrogens is 1. The van der Waals surface area contributed by atoms with Crippen molar-refractivity contribution in [3.05, 3.63) is 83.0 Å². The Labute approximate surface area is 243 Å². The number of hydrogen-bond acceptors (Lipinski definition) is 6. The molecule has 0 saturated carbocycles. The number of amides is 2. The number of hydrogen-bond donors (Lipinski definition) is 2. The molecule has 42 heavy (non-hydrogen) atoms. The number of carbonyl (C=O) groups excluding carboxylic acids is 2. The molecule has 0 fully saturated rings. The van der Waals surface area contributed by atoms with Crippen molar-refractivity contribution in [3.8, 4) is 11.3 Å². The molecule has 0 spiro atoms. The topological polar surface area (TPSA) is 118 Å². The van der Waals surface area contributed by atoms with E-state index in [-0.39, 0.29) is 23.8 Å².